The zero-order chi connectivity index (χ0) is 19.5. The van der Waals surface area contributed by atoms with Gasteiger partial charge in [-0.2, -0.15) is 0 Å². The van der Waals surface area contributed by atoms with E-state index in [0.717, 1.165) is 24.0 Å². The summed E-state index contributed by atoms with van der Waals surface area (Å²) in [4.78, 5) is 25.5. The number of ether oxygens (including phenoxy) is 1. The maximum absolute atomic E-state index is 12.4. The number of carbonyl (C=O) groups is 2. The monoisotopic (exact) mass is 416 g/mol. The number of halogens is 1. The maximum atomic E-state index is 12.4. The highest BCUT2D eigenvalue weighted by atomic mass is 35.5. The molecule has 0 spiro atoms. The molecule has 0 bridgehead atoms. The highest BCUT2D eigenvalue weighted by molar-refractivity contribution is 8.77. The molecule has 2 atom stereocenters. The summed E-state index contributed by atoms with van der Waals surface area (Å²) < 4.78 is 4.98. The maximum Gasteiger partial charge on any atom is 0.327 e. The summed E-state index contributed by atoms with van der Waals surface area (Å²) in [6.07, 6.45) is 6.18. The number of nitrogens with two attached hydrogens (primary N) is 1. The highest BCUT2D eigenvalue weighted by Gasteiger charge is 2.35. The molecule has 0 amide bonds. The first kappa shape index (κ1) is 23.0. The van der Waals surface area contributed by atoms with Crippen LogP contribution < -0.4 is 5.73 Å². The van der Waals surface area contributed by atoms with E-state index in [4.69, 9.17) is 22.1 Å². The van der Waals surface area contributed by atoms with Gasteiger partial charge in [0, 0.05) is 35.7 Å². The molecule has 0 aromatic heterocycles. The first-order valence-corrected chi connectivity index (χ1v) is 10.9. The Balaban J connectivity index is 3.09. The lowest BCUT2D eigenvalue weighted by Crippen LogP contribution is -2.48. The van der Waals surface area contributed by atoms with Gasteiger partial charge < -0.3 is 10.5 Å². The minimum Gasteiger partial charge on any atom is -0.468 e. The lowest BCUT2D eigenvalue weighted by atomic mass is 9.98. The molecule has 0 aliphatic carbocycles. The van der Waals surface area contributed by atoms with Crippen molar-refractivity contribution in [3.05, 3.63) is 47.6 Å². The Morgan fingerprint density at radius 1 is 1.50 bits per heavy atom. The van der Waals surface area contributed by atoms with Crippen LogP contribution in [0.15, 0.2) is 47.6 Å². The van der Waals surface area contributed by atoms with E-state index in [0.29, 0.717) is 30.2 Å². The largest absolute Gasteiger partial charge is 0.468 e. The molecule has 1 saturated heterocycles. The lowest BCUT2D eigenvalue weighted by molar-refractivity contribution is -0.145. The van der Waals surface area contributed by atoms with Crippen molar-refractivity contribution in [1.82, 2.24) is 4.90 Å². The minimum absolute atomic E-state index is 0.206. The van der Waals surface area contributed by atoms with Crippen molar-refractivity contribution >= 4 is 45.4 Å². The van der Waals surface area contributed by atoms with Gasteiger partial charge >= 0.3 is 5.97 Å². The molecule has 26 heavy (non-hydrogen) atoms. The predicted molar refractivity (Wildman–Crippen MR) is 112 cm³/mol. The lowest BCUT2D eigenvalue weighted by Gasteiger charge is -2.38. The van der Waals surface area contributed by atoms with Crippen molar-refractivity contribution in [1.29, 1.82) is 0 Å². The number of rotatable bonds is 10. The molecule has 1 rings (SSSR count). The van der Waals surface area contributed by atoms with Gasteiger partial charge in [-0.05, 0) is 23.6 Å². The van der Waals surface area contributed by atoms with Crippen molar-refractivity contribution in [3.8, 4) is 0 Å². The molecule has 5 nitrogen and oxygen atoms in total. The molecule has 8 heteroatoms. The molecule has 2 N–H and O–H groups in total. The quantitative estimate of drug-likeness (QED) is 0.146. The van der Waals surface area contributed by atoms with Crippen LogP contribution in [0.5, 0.6) is 0 Å². The fraction of sp³-hybridized carbons (Fsp3) is 0.444. The number of aldehydes is 1. The van der Waals surface area contributed by atoms with E-state index in [-0.39, 0.29) is 5.25 Å². The summed E-state index contributed by atoms with van der Waals surface area (Å²) in [6, 6.07) is -0.694. The summed E-state index contributed by atoms with van der Waals surface area (Å²) in [5, 5.41) is 0.559. The van der Waals surface area contributed by atoms with Crippen LogP contribution in [0.3, 0.4) is 0 Å². The van der Waals surface area contributed by atoms with Crippen molar-refractivity contribution in [2.45, 2.75) is 17.7 Å². The number of likely N-dealkylation sites (tertiary alicyclic amines) is 1. The number of allylic oxidation sites excluding steroid dienone is 3. The highest BCUT2D eigenvalue weighted by Crippen LogP contribution is 2.37. The molecule has 0 saturated carbocycles. The Labute approximate surface area is 168 Å². The minimum atomic E-state index is -0.694. The Morgan fingerprint density at radius 3 is 2.77 bits per heavy atom. The van der Waals surface area contributed by atoms with E-state index >= 15 is 0 Å². The van der Waals surface area contributed by atoms with Crippen LogP contribution in [-0.2, 0) is 14.3 Å². The summed E-state index contributed by atoms with van der Waals surface area (Å²) in [5.41, 5.74) is 7.05. The molecule has 1 aliphatic heterocycles. The van der Waals surface area contributed by atoms with Gasteiger partial charge in [-0.1, -0.05) is 58.5 Å². The Hall–Kier alpha value is -0.990. The number of carbonyl (C=O) groups excluding carboxylic acids is 2. The van der Waals surface area contributed by atoms with Crippen LogP contribution in [0.2, 0.25) is 0 Å². The molecule has 2 unspecified atom stereocenters. The SMILES string of the molecule is C=C/C(Cl)=C(\C=C)C(C(=O)OC)N1CCC(SSCCN)/C(=C\C=O)C1. The second-order valence-electron chi connectivity index (χ2n) is 5.47. The third kappa shape index (κ3) is 6.32. The standard InChI is InChI=1S/C18H25ClN2O3S2/c1-4-14(15(19)5-2)17(18(23)24-3)21-9-6-16(26-25-11-8-20)13(12-21)7-10-22/h4-5,7,10,16-17H,1-2,6,8-9,11-12,20H2,3H3/b13-7-,15-14-. The number of methoxy groups -OCH3 is 1. The smallest absolute Gasteiger partial charge is 0.327 e. The van der Waals surface area contributed by atoms with E-state index in [1.807, 2.05) is 4.90 Å². The molecule has 0 aromatic rings. The molecule has 1 heterocycles. The average Bonchev–Trinajstić information content (AvgIpc) is 2.66. The fourth-order valence-electron chi connectivity index (χ4n) is 2.68. The zero-order valence-corrected chi connectivity index (χ0v) is 17.2. The van der Waals surface area contributed by atoms with Gasteiger partial charge in [-0.25, -0.2) is 4.79 Å². The van der Waals surface area contributed by atoms with E-state index in [1.165, 1.54) is 13.2 Å². The van der Waals surface area contributed by atoms with E-state index in [1.54, 1.807) is 33.7 Å². The Kier molecular flexibility index (Phi) is 11.0. The normalized spacial score (nSPS) is 21.7. The Morgan fingerprint density at radius 2 is 2.23 bits per heavy atom. The summed E-state index contributed by atoms with van der Waals surface area (Å²) >= 11 is 6.22. The summed E-state index contributed by atoms with van der Waals surface area (Å²) in [7, 11) is 4.75. The van der Waals surface area contributed by atoms with Gasteiger partial charge in [-0.15, -0.1) is 0 Å². The second-order valence-corrected chi connectivity index (χ2v) is 8.57. The summed E-state index contributed by atoms with van der Waals surface area (Å²) in [6.45, 7) is 9.17. The van der Waals surface area contributed by atoms with Crippen molar-refractivity contribution in [2.75, 3.05) is 32.5 Å². The van der Waals surface area contributed by atoms with Gasteiger partial charge in [-0.3, -0.25) is 9.69 Å². The predicted octanol–water partition coefficient (Wildman–Crippen LogP) is 2.93. The van der Waals surface area contributed by atoms with Gasteiger partial charge in [0.25, 0.3) is 0 Å². The third-order valence-corrected chi connectivity index (χ3v) is 7.19. The molecule has 0 aromatic carbocycles. The molecule has 1 aliphatic rings. The molecule has 144 valence electrons. The number of esters is 1. The fourth-order valence-corrected chi connectivity index (χ4v) is 5.43. The van der Waals surface area contributed by atoms with Crippen LogP contribution in [0.4, 0.5) is 0 Å². The van der Waals surface area contributed by atoms with Gasteiger partial charge in [0.15, 0.2) is 0 Å². The zero-order valence-electron chi connectivity index (χ0n) is 14.9. The second kappa shape index (κ2) is 12.4. The van der Waals surface area contributed by atoms with E-state index in [2.05, 4.69) is 13.2 Å². The van der Waals surface area contributed by atoms with Gasteiger partial charge in [0.05, 0.1) is 7.11 Å². The van der Waals surface area contributed by atoms with E-state index < -0.39 is 12.0 Å². The van der Waals surface area contributed by atoms with Crippen LogP contribution >= 0.6 is 33.2 Å². The molecular formula is C18H25ClN2O3S2. The molecule has 0 radical (unpaired) electrons. The van der Waals surface area contributed by atoms with Crippen molar-refractivity contribution in [3.63, 3.8) is 0 Å². The van der Waals surface area contributed by atoms with E-state index in [9.17, 15) is 9.59 Å². The molecule has 1 fully saturated rings. The van der Waals surface area contributed by atoms with Crippen LogP contribution in [0.1, 0.15) is 6.42 Å². The Bertz CT molecular complexity index is 593. The first-order valence-electron chi connectivity index (χ1n) is 8.12. The van der Waals surface area contributed by atoms with Crippen LogP contribution in [0.25, 0.3) is 0 Å². The van der Waals surface area contributed by atoms with Crippen LogP contribution in [-0.4, -0.2) is 60.9 Å². The van der Waals surface area contributed by atoms with Gasteiger partial charge in [0.1, 0.15) is 12.3 Å². The van der Waals surface area contributed by atoms with Crippen molar-refractivity contribution in [2.24, 2.45) is 5.73 Å². The third-order valence-electron chi connectivity index (χ3n) is 3.90. The number of hydrogen-bond donors (Lipinski definition) is 1. The van der Waals surface area contributed by atoms with Gasteiger partial charge in [0.2, 0.25) is 0 Å². The molecular weight excluding hydrogens is 392 g/mol. The first-order chi connectivity index (χ1) is 12.5. The average molecular weight is 417 g/mol. The number of nitrogens with zero attached hydrogens (tertiary/aromatic N) is 1. The summed E-state index contributed by atoms with van der Waals surface area (Å²) in [5.74, 6) is 0.427. The number of piperidine rings is 1. The van der Waals surface area contributed by atoms with Crippen molar-refractivity contribution < 1.29 is 14.3 Å². The number of hydrogen-bond acceptors (Lipinski definition) is 7. The van der Waals surface area contributed by atoms with Crippen LogP contribution in [0, 0.1) is 0 Å². The topological polar surface area (TPSA) is 72.6 Å².